The van der Waals surface area contributed by atoms with E-state index in [0.717, 1.165) is 22.1 Å². The Bertz CT molecular complexity index is 909. The van der Waals surface area contributed by atoms with Gasteiger partial charge in [-0.3, -0.25) is 5.10 Å². The van der Waals surface area contributed by atoms with E-state index in [-0.39, 0.29) is 0 Å². The third-order valence-corrected chi connectivity index (χ3v) is 3.43. The molecule has 0 radical (unpaired) electrons. The van der Waals surface area contributed by atoms with Gasteiger partial charge in [-0.05, 0) is 30.3 Å². The zero-order valence-corrected chi connectivity index (χ0v) is 11.0. The summed E-state index contributed by atoms with van der Waals surface area (Å²) in [5, 5.41) is 17.1. The van der Waals surface area contributed by atoms with Crippen molar-refractivity contribution in [2.75, 3.05) is 0 Å². The molecule has 3 heterocycles. The third-order valence-electron chi connectivity index (χ3n) is 3.19. The second-order valence-corrected chi connectivity index (χ2v) is 4.89. The first kappa shape index (κ1) is 11.4. The molecule has 4 aromatic rings. The molecule has 1 aromatic carbocycles. The van der Waals surface area contributed by atoms with Crippen LogP contribution in [0.5, 0.6) is 0 Å². The minimum absolute atomic E-state index is 0.556. The van der Waals surface area contributed by atoms with Crippen LogP contribution in [0.3, 0.4) is 0 Å². The number of nitrogens with one attached hydrogen (secondary N) is 1. The van der Waals surface area contributed by atoms with Crippen LogP contribution < -0.4 is 0 Å². The average molecular weight is 285 g/mol. The van der Waals surface area contributed by atoms with Gasteiger partial charge in [-0.1, -0.05) is 16.8 Å². The van der Waals surface area contributed by atoms with Crippen LogP contribution >= 0.6 is 11.6 Å². The van der Waals surface area contributed by atoms with Gasteiger partial charge in [-0.2, -0.15) is 5.10 Å². The Morgan fingerprint density at radius 3 is 3.15 bits per heavy atom. The van der Waals surface area contributed by atoms with Crippen LogP contribution in [-0.4, -0.2) is 30.2 Å². The van der Waals surface area contributed by atoms with Gasteiger partial charge in [0.15, 0.2) is 5.65 Å². The molecule has 20 heavy (non-hydrogen) atoms. The maximum absolute atomic E-state index is 5.95. The number of rotatable bonds is 2. The number of fused-ring (bicyclic) bond motifs is 2. The molecule has 4 rings (SSSR count). The van der Waals surface area contributed by atoms with Gasteiger partial charge in [0.05, 0.1) is 17.8 Å². The molecule has 0 aliphatic heterocycles. The first-order valence-electron chi connectivity index (χ1n) is 6.08. The number of benzene rings is 1. The van der Waals surface area contributed by atoms with Gasteiger partial charge in [-0.15, -0.1) is 5.10 Å². The van der Waals surface area contributed by atoms with Gasteiger partial charge in [0.2, 0.25) is 0 Å². The van der Waals surface area contributed by atoms with Crippen molar-refractivity contribution in [3.05, 3.63) is 47.2 Å². The predicted molar refractivity (Wildman–Crippen MR) is 75.5 cm³/mol. The Hall–Kier alpha value is -2.47. The van der Waals surface area contributed by atoms with Crippen molar-refractivity contribution in [1.82, 2.24) is 30.2 Å². The fraction of sp³-hybridized carbons (Fsp3) is 0.0769. The van der Waals surface area contributed by atoms with Crippen LogP contribution in [0.1, 0.15) is 5.69 Å². The Labute approximate surface area is 118 Å². The van der Waals surface area contributed by atoms with Crippen LogP contribution in [0.2, 0.25) is 5.02 Å². The third kappa shape index (κ3) is 1.73. The molecule has 3 aromatic heterocycles. The molecule has 0 amide bonds. The van der Waals surface area contributed by atoms with E-state index in [1.54, 1.807) is 12.3 Å². The first-order chi connectivity index (χ1) is 9.81. The lowest BCUT2D eigenvalue weighted by molar-refractivity contribution is 0.658. The summed E-state index contributed by atoms with van der Waals surface area (Å²) in [4.78, 5) is 4.20. The molecule has 6 nitrogen and oxygen atoms in total. The topological polar surface area (TPSA) is 72.3 Å². The summed E-state index contributed by atoms with van der Waals surface area (Å²) in [5.41, 5.74) is 3.37. The van der Waals surface area contributed by atoms with Gasteiger partial charge >= 0.3 is 0 Å². The van der Waals surface area contributed by atoms with Crippen LogP contribution in [0, 0.1) is 0 Å². The summed E-state index contributed by atoms with van der Waals surface area (Å²) < 4.78 is 1.81. The maximum Gasteiger partial charge on any atom is 0.181 e. The Balaban J connectivity index is 1.81. The number of aromatic amines is 1. The summed E-state index contributed by atoms with van der Waals surface area (Å²) in [7, 11) is 0. The molecule has 0 aliphatic rings. The highest BCUT2D eigenvalue weighted by Gasteiger charge is 2.10. The van der Waals surface area contributed by atoms with Crippen LogP contribution in [0.4, 0.5) is 0 Å². The Kier molecular flexibility index (Phi) is 2.43. The fourth-order valence-electron chi connectivity index (χ4n) is 2.23. The van der Waals surface area contributed by atoms with Gasteiger partial charge in [0.1, 0.15) is 5.52 Å². The number of halogens is 1. The Morgan fingerprint density at radius 1 is 1.25 bits per heavy atom. The van der Waals surface area contributed by atoms with E-state index in [1.165, 1.54) is 0 Å². The van der Waals surface area contributed by atoms with Gasteiger partial charge < -0.3 is 0 Å². The highest BCUT2D eigenvalue weighted by Crippen LogP contribution is 2.19. The van der Waals surface area contributed by atoms with E-state index in [9.17, 15) is 0 Å². The highest BCUT2D eigenvalue weighted by atomic mass is 35.5. The van der Waals surface area contributed by atoms with Crippen molar-refractivity contribution < 1.29 is 0 Å². The molecule has 7 heteroatoms. The van der Waals surface area contributed by atoms with Crippen LogP contribution in [-0.2, 0) is 6.54 Å². The van der Waals surface area contributed by atoms with E-state index in [1.807, 2.05) is 28.9 Å². The summed E-state index contributed by atoms with van der Waals surface area (Å²) in [6.45, 7) is 0.556. The number of aromatic nitrogens is 6. The molecular weight excluding hydrogens is 276 g/mol. The zero-order chi connectivity index (χ0) is 13.5. The predicted octanol–water partition coefficient (Wildman–Crippen LogP) is 2.40. The highest BCUT2D eigenvalue weighted by molar-refractivity contribution is 6.31. The van der Waals surface area contributed by atoms with Crippen molar-refractivity contribution in [3.8, 4) is 0 Å². The molecule has 0 bridgehead atoms. The molecule has 98 valence electrons. The standard InChI is InChI=1S/C13H9ClN6/c14-8-3-4-12-10(6-8)17-19-20(12)7-11-9-2-1-5-15-13(9)18-16-11/h1-6H,7H2,(H,15,16,18). The number of hydrogen-bond donors (Lipinski definition) is 1. The molecular formula is C13H9ClN6. The molecule has 0 saturated carbocycles. The maximum atomic E-state index is 5.95. The number of hydrogen-bond acceptors (Lipinski definition) is 4. The number of pyridine rings is 1. The zero-order valence-electron chi connectivity index (χ0n) is 10.3. The monoisotopic (exact) mass is 284 g/mol. The van der Waals surface area contributed by atoms with Crippen molar-refractivity contribution >= 4 is 33.7 Å². The lowest BCUT2D eigenvalue weighted by atomic mass is 10.2. The van der Waals surface area contributed by atoms with Gasteiger partial charge in [0.25, 0.3) is 0 Å². The Morgan fingerprint density at radius 2 is 2.20 bits per heavy atom. The lowest BCUT2D eigenvalue weighted by Crippen LogP contribution is -2.02. The largest absolute Gasteiger partial charge is 0.278 e. The normalized spacial score (nSPS) is 11.4. The summed E-state index contributed by atoms with van der Waals surface area (Å²) >= 11 is 5.95. The second-order valence-electron chi connectivity index (χ2n) is 4.46. The molecule has 0 fully saturated rings. The van der Waals surface area contributed by atoms with E-state index in [4.69, 9.17) is 11.6 Å². The van der Waals surface area contributed by atoms with Crippen molar-refractivity contribution in [2.45, 2.75) is 6.54 Å². The SMILES string of the molecule is Clc1ccc2c(c1)nnn2Cc1[nH]nc2ncccc12. The molecule has 0 spiro atoms. The minimum Gasteiger partial charge on any atom is -0.278 e. The van der Waals surface area contributed by atoms with E-state index >= 15 is 0 Å². The van der Waals surface area contributed by atoms with E-state index < -0.39 is 0 Å². The number of nitrogens with zero attached hydrogens (tertiary/aromatic N) is 5. The number of H-pyrrole nitrogens is 1. The quantitative estimate of drug-likeness (QED) is 0.613. The van der Waals surface area contributed by atoms with Gasteiger partial charge in [-0.25, -0.2) is 9.67 Å². The van der Waals surface area contributed by atoms with E-state index in [2.05, 4.69) is 25.5 Å². The summed E-state index contributed by atoms with van der Waals surface area (Å²) in [6, 6.07) is 9.41. The van der Waals surface area contributed by atoms with Crippen molar-refractivity contribution in [3.63, 3.8) is 0 Å². The molecule has 0 unspecified atom stereocenters. The lowest BCUT2D eigenvalue weighted by Gasteiger charge is -2.00. The smallest absolute Gasteiger partial charge is 0.181 e. The summed E-state index contributed by atoms with van der Waals surface area (Å²) in [6.07, 6.45) is 1.72. The molecule has 0 aliphatic carbocycles. The first-order valence-corrected chi connectivity index (χ1v) is 6.46. The second kappa shape index (κ2) is 4.28. The van der Waals surface area contributed by atoms with Gasteiger partial charge in [0, 0.05) is 16.6 Å². The van der Waals surface area contributed by atoms with Crippen LogP contribution in [0.25, 0.3) is 22.1 Å². The fourth-order valence-corrected chi connectivity index (χ4v) is 2.40. The molecule has 1 N–H and O–H groups in total. The summed E-state index contributed by atoms with van der Waals surface area (Å²) in [5.74, 6) is 0. The van der Waals surface area contributed by atoms with Crippen LogP contribution in [0.15, 0.2) is 36.5 Å². The molecule has 0 atom stereocenters. The van der Waals surface area contributed by atoms with Crippen molar-refractivity contribution in [2.24, 2.45) is 0 Å². The van der Waals surface area contributed by atoms with E-state index in [0.29, 0.717) is 17.2 Å². The minimum atomic E-state index is 0.556. The average Bonchev–Trinajstić information content (AvgIpc) is 3.04. The van der Waals surface area contributed by atoms with Crippen molar-refractivity contribution in [1.29, 1.82) is 0 Å². The molecule has 0 saturated heterocycles.